The molecule has 0 heterocycles. The van der Waals surface area contributed by atoms with Crippen molar-refractivity contribution >= 4 is 11.7 Å². The number of hydrogen-bond acceptors (Lipinski definition) is 3. The second-order valence-corrected chi connectivity index (χ2v) is 6.01. The van der Waals surface area contributed by atoms with E-state index in [0.29, 0.717) is 19.6 Å². The molecule has 0 atom stereocenters. The molecule has 0 aromatic heterocycles. The Bertz CT molecular complexity index is 736. The number of carbonyl (C=O) groups excluding carboxylic acids is 1. The van der Waals surface area contributed by atoms with E-state index >= 15 is 0 Å². The molecule has 0 saturated carbocycles. The molecule has 2 amide bonds. The summed E-state index contributed by atoms with van der Waals surface area (Å²) in [4.78, 5) is 12.0. The third-order valence-electron chi connectivity index (χ3n) is 3.93. The molecule has 2 N–H and O–H groups in total. The van der Waals surface area contributed by atoms with Gasteiger partial charge in [0, 0.05) is 17.8 Å². The SMILES string of the molecule is CCCCCNC(=O)Nc1ccccc1COc1ccc(CC#N)cc1. The highest BCUT2D eigenvalue weighted by Crippen LogP contribution is 2.19. The highest BCUT2D eigenvalue weighted by molar-refractivity contribution is 5.90. The van der Waals surface area contributed by atoms with Crippen LogP contribution in [0.2, 0.25) is 0 Å². The molecule has 0 aliphatic carbocycles. The van der Waals surface area contributed by atoms with Crippen molar-refractivity contribution in [2.24, 2.45) is 0 Å². The summed E-state index contributed by atoms with van der Waals surface area (Å²) >= 11 is 0. The van der Waals surface area contributed by atoms with Crippen molar-refractivity contribution in [2.45, 2.75) is 39.2 Å². The number of nitrogens with zero attached hydrogens (tertiary/aromatic N) is 1. The molecule has 0 aliphatic heterocycles. The minimum absolute atomic E-state index is 0.200. The lowest BCUT2D eigenvalue weighted by molar-refractivity contribution is 0.252. The van der Waals surface area contributed by atoms with Gasteiger partial charge in [0.05, 0.1) is 12.5 Å². The van der Waals surface area contributed by atoms with Crippen LogP contribution in [-0.4, -0.2) is 12.6 Å². The van der Waals surface area contributed by atoms with Crippen molar-refractivity contribution in [2.75, 3.05) is 11.9 Å². The summed E-state index contributed by atoms with van der Waals surface area (Å²) in [7, 11) is 0. The molecule has 0 fully saturated rings. The normalized spacial score (nSPS) is 10.0. The lowest BCUT2D eigenvalue weighted by Crippen LogP contribution is -2.30. The average molecular weight is 351 g/mol. The lowest BCUT2D eigenvalue weighted by Gasteiger charge is -2.13. The van der Waals surface area contributed by atoms with Crippen molar-refractivity contribution in [1.82, 2.24) is 5.32 Å². The van der Waals surface area contributed by atoms with Crippen molar-refractivity contribution < 1.29 is 9.53 Å². The van der Waals surface area contributed by atoms with Crippen LogP contribution in [0.4, 0.5) is 10.5 Å². The molecule has 2 aromatic carbocycles. The third-order valence-corrected chi connectivity index (χ3v) is 3.93. The topological polar surface area (TPSA) is 74.2 Å². The molecule has 2 rings (SSSR count). The van der Waals surface area contributed by atoms with E-state index in [0.717, 1.165) is 41.8 Å². The molecule has 0 aliphatic rings. The van der Waals surface area contributed by atoms with E-state index in [1.54, 1.807) is 0 Å². The van der Waals surface area contributed by atoms with Crippen molar-refractivity contribution in [3.8, 4) is 11.8 Å². The Labute approximate surface area is 155 Å². The quantitative estimate of drug-likeness (QED) is 0.646. The first-order chi connectivity index (χ1) is 12.7. The summed E-state index contributed by atoms with van der Waals surface area (Å²) in [5, 5.41) is 14.5. The van der Waals surface area contributed by atoms with E-state index in [1.165, 1.54) is 0 Å². The number of unbranched alkanes of at least 4 members (excludes halogenated alkanes) is 2. The molecule has 0 spiro atoms. The van der Waals surface area contributed by atoms with Gasteiger partial charge in [-0.2, -0.15) is 5.26 Å². The van der Waals surface area contributed by atoms with Crippen LogP contribution < -0.4 is 15.4 Å². The van der Waals surface area contributed by atoms with Gasteiger partial charge < -0.3 is 15.4 Å². The molecular weight excluding hydrogens is 326 g/mol. The van der Waals surface area contributed by atoms with Gasteiger partial charge in [-0.25, -0.2) is 4.79 Å². The summed E-state index contributed by atoms with van der Waals surface area (Å²) in [5.41, 5.74) is 2.60. The maximum atomic E-state index is 12.0. The van der Waals surface area contributed by atoms with Crippen LogP contribution >= 0.6 is 0 Å². The van der Waals surface area contributed by atoms with Gasteiger partial charge in [-0.3, -0.25) is 0 Å². The number of nitrogens with one attached hydrogen (secondary N) is 2. The zero-order valence-electron chi connectivity index (χ0n) is 15.1. The lowest BCUT2D eigenvalue weighted by atomic mass is 10.1. The van der Waals surface area contributed by atoms with Crippen LogP contribution in [0.25, 0.3) is 0 Å². The number of ether oxygens (including phenoxy) is 1. The van der Waals surface area contributed by atoms with Crippen LogP contribution in [0.15, 0.2) is 48.5 Å². The zero-order valence-corrected chi connectivity index (χ0v) is 15.1. The van der Waals surface area contributed by atoms with E-state index in [9.17, 15) is 4.79 Å². The second-order valence-electron chi connectivity index (χ2n) is 6.01. The van der Waals surface area contributed by atoms with Gasteiger partial charge >= 0.3 is 6.03 Å². The smallest absolute Gasteiger partial charge is 0.319 e. The van der Waals surface area contributed by atoms with Crippen LogP contribution in [0.1, 0.15) is 37.3 Å². The predicted molar refractivity (Wildman–Crippen MR) is 103 cm³/mol. The van der Waals surface area contributed by atoms with Crippen LogP contribution in [0, 0.1) is 11.3 Å². The summed E-state index contributed by atoms with van der Waals surface area (Å²) in [6.45, 7) is 3.16. The van der Waals surface area contributed by atoms with E-state index in [1.807, 2.05) is 48.5 Å². The summed E-state index contributed by atoms with van der Waals surface area (Å²) in [5.74, 6) is 0.727. The zero-order chi connectivity index (χ0) is 18.6. The Morgan fingerprint density at radius 2 is 1.88 bits per heavy atom. The van der Waals surface area contributed by atoms with Crippen LogP contribution in [-0.2, 0) is 13.0 Å². The maximum Gasteiger partial charge on any atom is 0.319 e. The van der Waals surface area contributed by atoms with Crippen molar-refractivity contribution in [3.63, 3.8) is 0 Å². The molecule has 136 valence electrons. The Hall–Kier alpha value is -3.00. The molecule has 5 nitrogen and oxygen atoms in total. The highest BCUT2D eigenvalue weighted by atomic mass is 16.5. The second kappa shape index (κ2) is 10.8. The fourth-order valence-corrected chi connectivity index (χ4v) is 2.47. The first-order valence-corrected chi connectivity index (χ1v) is 8.94. The first kappa shape index (κ1) is 19.3. The Morgan fingerprint density at radius 1 is 1.12 bits per heavy atom. The summed E-state index contributed by atoms with van der Waals surface area (Å²) in [6, 6.07) is 17.0. The Balaban J connectivity index is 1.89. The fraction of sp³-hybridized carbons (Fsp3) is 0.333. The van der Waals surface area contributed by atoms with Crippen molar-refractivity contribution in [1.29, 1.82) is 5.26 Å². The maximum absolute atomic E-state index is 12.0. The number of urea groups is 1. The molecule has 0 unspecified atom stereocenters. The number of benzene rings is 2. The third kappa shape index (κ3) is 6.48. The van der Waals surface area contributed by atoms with Crippen molar-refractivity contribution in [3.05, 3.63) is 59.7 Å². The van der Waals surface area contributed by atoms with Gasteiger partial charge in [0.15, 0.2) is 0 Å². The van der Waals surface area contributed by atoms with Gasteiger partial charge in [0.25, 0.3) is 0 Å². The predicted octanol–water partition coefficient (Wildman–Crippen LogP) is 4.64. The number of hydrogen-bond donors (Lipinski definition) is 2. The van der Waals surface area contributed by atoms with Gasteiger partial charge in [0.2, 0.25) is 0 Å². The number of amides is 2. The molecule has 0 bridgehead atoms. The van der Waals surface area contributed by atoms with E-state index in [2.05, 4.69) is 23.6 Å². The Morgan fingerprint density at radius 3 is 2.62 bits per heavy atom. The number of anilines is 1. The monoisotopic (exact) mass is 351 g/mol. The van der Waals surface area contributed by atoms with Crippen LogP contribution in [0.5, 0.6) is 5.75 Å². The summed E-state index contributed by atoms with van der Waals surface area (Å²) < 4.78 is 5.81. The largest absolute Gasteiger partial charge is 0.489 e. The number of para-hydroxylation sites is 1. The van der Waals surface area contributed by atoms with Gasteiger partial charge in [-0.05, 0) is 30.2 Å². The number of nitriles is 1. The molecule has 26 heavy (non-hydrogen) atoms. The highest BCUT2D eigenvalue weighted by Gasteiger charge is 2.07. The molecule has 2 aromatic rings. The van der Waals surface area contributed by atoms with Gasteiger partial charge in [-0.15, -0.1) is 0 Å². The van der Waals surface area contributed by atoms with Crippen LogP contribution in [0.3, 0.4) is 0 Å². The molecule has 0 radical (unpaired) electrons. The number of rotatable bonds is 9. The van der Waals surface area contributed by atoms with E-state index in [-0.39, 0.29) is 6.03 Å². The Kier molecular flexibility index (Phi) is 8.01. The van der Waals surface area contributed by atoms with Gasteiger partial charge in [0.1, 0.15) is 12.4 Å². The minimum Gasteiger partial charge on any atom is -0.489 e. The van der Waals surface area contributed by atoms with E-state index < -0.39 is 0 Å². The number of carbonyl (C=O) groups is 1. The molecule has 5 heteroatoms. The average Bonchev–Trinajstić information content (AvgIpc) is 2.66. The van der Waals surface area contributed by atoms with E-state index in [4.69, 9.17) is 10.00 Å². The first-order valence-electron chi connectivity index (χ1n) is 8.94. The minimum atomic E-state index is -0.200. The molecule has 0 saturated heterocycles. The standard InChI is InChI=1S/C21H25N3O2/c1-2-3-6-15-23-21(25)24-20-8-5-4-7-18(20)16-26-19-11-9-17(10-12-19)13-14-22/h4-5,7-12H,2-3,6,13,15-16H2,1H3,(H2,23,24,25). The molecular formula is C21H25N3O2. The summed E-state index contributed by atoms with van der Waals surface area (Å²) in [6.07, 6.45) is 3.61. The van der Waals surface area contributed by atoms with Gasteiger partial charge in [-0.1, -0.05) is 50.1 Å². The fourth-order valence-electron chi connectivity index (χ4n) is 2.47.